The zero-order chi connectivity index (χ0) is 14.7. The highest BCUT2D eigenvalue weighted by Gasteiger charge is 2.13. The summed E-state index contributed by atoms with van der Waals surface area (Å²) in [7, 11) is 1.59. The second-order valence-electron chi connectivity index (χ2n) is 4.73. The third-order valence-corrected chi connectivity index (χ3v) is 3.30. The molecule has 104 valence electrons. The van der Waals surface area contributed by atoms with Gasteiger partial charge >= 0.3 is 0 Å². The molecular formula is C16H18N2O2. The van der Waals surface area contributed by atoms with Gasteiger partial charge in [-0.2, -0.15) is 0 Å². The quantitative estimate of drug-likeness (QED) is 0.931. The first kappa shape index (κ1) is 14.1. The number of amides is 1. The van der Waals surface area contributed by atoms with Gasteiger partial charge in [0.25, 0.3) is 5.91 Å². The normalized spacial score (nSPS) is 10.2. The number of anilines is 1. The number of ether oxygens (including phenoxy) is 1. The number of aryl methyl sites for hydroxylation is 2. The van der Waals surface area contributed by atoms with Crippen LogP contribution in [0, 0.1) is 20.8 Å². The largest absolute Gasteiger partial charge is 0.495 e. The minimum atomic E-state index is -0.156. The molecule has 1 aromatic heterocycles. The lowest BCUT2D eigenvalue weighted by Gasteiger charge is -2.12. The Bertz CT molecular complexity index is 651. The first-order valence-electron chi connectivity index (χ1n) is 6.41. The molecule has 1 amide bonds. The lowest BCUT2D eigenvalue weighted by atomic mass is 10.1. The van der Waals surface area contributed by atoms with E-state index in [1.807, 2.05) is 39.0 Å². The number of hydrogen-bond donors (Lipinski definition) is 1. The standard InChI is InChI=1S/C16H18N2O2/c1-10-5-6-15(20-4)14(9-10)18-16(19)13-7-8-17-12(3)11(13)2/h5-9H,1-4H3,(H,18,19). The van der Waals surface area contributed by atoms with Crippen molar-refractivity contribution >= 4 is 11.6 Å². The number of pyridine rings is 1. The van der Waals surface area contributed by atoms with E-state index in [4.69, 9.17) is 4.74 Å². The second kappa shape index (κ2) is 5.74. The van der Waals surface area contributed by atoms with Gasteiger partial charge in [0.2, 0.25) is 0 Å². The van der Waals surface area contributed by atoms with E-state index in [1.165, 1.54) is 0 Å². The van der Waals surface area contributed by atoms with E-state index < -0.39 is 0 Å². The van der Waals surface area contributed by atoms with Gasteiger partial charge in [-0.15, -0.1) is 0 Å². The van der Waals surface area contributed by atoms with Crippen LogP contribution >= 0.6 is 0 Å². The zero-order valence-corrected chi connectivity index (χ0v) is 12.2. The van der Waals surface area contributed by atoms with Gasteiger partial charge in [0.05, 0.1) is 12.8 Å². The zero-order valence-electron chi connectivity index (χ0n) is 12.2. The van der Waals surface area contributed by atoms with Crippen molar-refractivity contribution in [1.29, 1.82) is 0 Å². The molecule has 2 rings (SSSR count). The van der Waals surface area contributed by atoms with Gasteiger partial charge in [0.15, 0.2) is 0 Å². The monoisotopic (exact) mass is 270 g/mol. The molecule has 4 nitrogen and oxygen atoms in total. The van der Waals surface area contributed by atoms with Gasteiger partial charge in [-0.25, -0.2) is 0 Å². The Morgan fingerprint density at radius 1 is 1.20 bits per heavy atom. The first-order chi connectivity index (χ1) is 9.52. The molecule has 0 aliphatic heterocycles. The Hall–Kier alpha value is -2.36. The average molecular weight is 270 g/mol. The molecule has 0 unspecified atom stereocenters. The summed E-state index contributed by atoms with van der Waals surface area (Å²) in [4.78, 5) is 16.5. The molecule has 1 N–H and O–H groups in total. The number of carbonyl (C=O) groups excluding carboxylic acids is 1. The van der Waals surface area contributed by atoms with E-state index in [9.17, 15) is 4.79 Å². The number of hydrogen-bond acceptors (Lipinski definition) is 3. The molecule has 0 saturated heterocycles. The fourth-order valence-electron chi connectivity index (χ4n) is 2.00. The van der Waals surface area contributed by atoms with Crippen molar-refractivity contribution in [3.05, 3.63) is 52.8 Å². The average Bonchev–Trinajstić information content (AvgIpc) is 2.42. The predicted molar refractivity (Wildman–Crippen MR) is 79.4 cm³/mol. The van der Waals surface area contributed by atoms with Crippen LogP contribution in [0.4, 0.5) is 5.69 Å². The van der Waals surface area contributed by atoms with Crippen LogP contribution in [0.5, 0.6) is 5.75 Å². The Kier molecular flexibility index (Phi) is 4.03. The molecule has 1 aromatic carbocycles. The van der Waals surface area contributed by atoms with E-state index >= 15 is 0 Å². The SMILES string of the molecule is COc1ccc(C)cc1NC(=O)c1ccnc(C)c1C. The number of aromatic nitrogens is 1. The molecule has 0 radical (unpaired) electrons. The van der Waals surface area contributed by atoms with Crippen molar-refractivity contribution < 1.29 is 9.53 Å². The number of rotatable bonds is 3. The van der Waals surface area contributed by atoms with Crippen molar-refractivity contribution in [3.63, 3.8) is 0 Å². The van der Waals surface area contributed by atoms with Crippen LogP contribution < -0.4 is 10.1 Å². The van der Waals surface area contributed by atoms with Crippen molar-refractivity contribution in [2.45, 2.75) is 20.8 Å². The van der Waals surface area contributed by atoms with Gasteiger partial charge < -0.3 is 10.1 Å². The van der Waals surface area contributed by atoms with Gasteiger partial charge in [-0.3, -0.25) is 9.78 Å². The summed E-state index contributed by atoms with van der Waals surface area (Å²) < 4.78 is 5.26. The molecule has 4 heteroatoms. The molecule has 0 spiro atoms. The Balaban J connectivity index is 2.32. The number of carbonyl (C=O) groups is 1. The highest BCUT2D eigenvalue weighted by molar-refractivity contribution is 6.06. The summed E-state index contributed by atoms with van der Waals surface area (Å²) in [5, 5.41) is 2.89. The van der Waals surface area contributed by atoms with Gasteiger partial charge in [-0.05, 0) is 50.1 Å². The lowest BCUT2D eigenvalue weighted by Crippen LogP contribution is -2.15. The summed E-state index contributed by atoms with van der Waals surface area (Å²) in [5.74, 6) is 0.490. The molecule has 0 aliphatic carbocycles. The fraction of sp³-hybridized carbons (Fsp3) is 0.250. The molecule has 0 bridgehead atoms. The van der Waals surface area contributed by atoms with Crippen LogP contribution in [-0.2, 0) is 0 Å². The predicted octanol–water partition coefficient (Wildman–Crippen LogP) is 3.27. The first-order valence-corrected chi connectivity index (χ1v) is 6.41. The summed E-state index contributed by atoms with van der Waals surface area (Å²) in [5.41, 5.74) is 4.10. The molecule has 2 aromatic rings. The Labute approximate surface area is 118 Å². The van der Waals surface area contributed by atoms with Crippen LogP contribution in [0.1, 0.15) is 27.2 Å². The fourth-order valence-corrected chi connectivity index (χ4v) is 2.00. The second-order valence-corrected chi connectivity index (χ2v) is 4.73. The van der Waals surface area contributed by atoms with E-state index in [0.29, 0.717) is 17.0 Å². The van der Waals surface area contributed by atoms with Gasteiger partial charge in [0, 0.05) is 17.5 Å². The molecule has 0 fully saturated rings. The van der Waals surface area contributed by atoms with Crippen LogP contribution in [0.15, 0.2) is 30.5 Å². The molecule has 0 saturated carbocycles. The van der Waals surface area contributed by atoms with E-state index in [0.717, 1.165) is 16.8 Å². The maximum absolute atomic E-state index is 12.4. The van der Waals surface area contributed by atoms with Gasteiger partial charge in [-0.1, -0.05) is 6.07 Å². The van der Waals surface area contributed by atoms with E-state index in [-0.39, 0.29) is 5.91 Å². The minimum Gasteiger partial charge on any atom is -0.495 e. The number of nitrogens with one attached hydrogen (secondary N) is 1. The maximum Gasteiger partial charge on any atom is 0.256 e. The highest BCUT2D eigenvalue weighted by Crippen LogP contribution is 2.26. The molecule has 0 aliphatic rings. The Morgan fingerprint density at radius 3 is 2.65 bits per heavy atom. The van der Waals surface area contributed by atoms with Crippen LogP contribution in [0.3, 0.4) is 0 Å². The smallest absolute Gasteiger partial charge is 0.256 e. The number of methoxy groups -OCH3 is 1. The topological polar surface area (TPSA) is 51.2 Å². The Morgan fingerprint density at radius 2 is 1.95 bits per heavy atom. The van der Waals surface area contributed by atoms with Crippen molar-refractivity contribution in [2.24, 2.45) is 0 Å². The van der Waals surface area contributed by atoms with Crippen LogP contribution in [-0.4, -0.2) is 18.0 Å². The van der Waals surface area contributed by atoms with Crippen molar-refractivity contribution in [1.82, 2.24) is 4.98 Å². The van der Waals surface area contributed by atoms with Crippen LogP contribution in [0.2, 0.25) is 0 Å². The summed E-state index contributed by atoms with van der Waals surface area (Å²) >= 11 is 0. The highest BCUT2D eigenvalue weighted by atomic mass is 16.5. The number of nitrogens with zero attached hydrogens (tertiary/aromatic N) is 1. The van der Waals surface area contributed by atoms with E-state index in [1.54, 1.807) is 19.4 Å². The third kappa shape index (κ3) is 2.79. The van der Waals surface area contributed by atoms with Crippen molar-refractivity contribution in [2.75, 3.05) is 12.4 Å². The molecule has 1 heterocycles. The molecule has 20 heavy (non-hydrogen) atoms. The minimum absolute atomic E-state index is 0.156. The lowest BCUT2D eigenvalue weighted by molar-refractivity contribution is 0.102. The van der Waals surface area contributed by atoms with Crippen LogP contribution in [0.25, 0.3) is 0 Å². The molecule has 0 atom stereocenters. The van der Waals surface area contributed by atoms with Crippen molar-refractivity contribution in [3.8, 4) is 5.75 Å². The maximum atomic E-state index is 12.4. The summed E-state index contributed by atoms with van der Waals surface area (Å²) in [6.45, 7) is 5.75. The summed E-state index contributed by atoms with van der Waals surface area (Å²) in [6, 6.07) is 7.39. The van der Waals surface area contributed by atoms with E-state index in [2.05, 4.69) is 10.3 Å². The van der Waals surface area contributed by atoms with Gasteiger partial charge in [0.1, 0.15) is 5.75 Å². The number of benzene rings is 1. The molecular weight excluding hydrogens is 252 g/mol. The summed E-state index contributed by atoms with van der Waals surface area (Å²) in [6.07, 6.45) is 1.64. The third-order valence-electron chi connectivity index (χ3n) is 3.30.